The summed E-state index contributed by atoms with van der Waals surface area (Å²) in [6.45, 7) is 6.60. The first-order chi connectivity index (χ1) is 7.38. The molecule has 0 radical (unpaired) electrons. The quantitative estimate of drug-likeness (QED) is 0.651. The molecule has 1 aromatic rings. The lowest BCUT2D eigenvalue weighted by Crippen LogP contribution is -2.16. The number of halogens is 1. The summed E-state index contributed by atoms with van der Waals surface area (Å²) in [5, 5.41) is 9.91. The lowest BCUT2D eigenvalue weighted by Gasteiger charge is -2.08. The monoisotopic (exact) mass is 296 g/mol. The molecular weight excluding hydrogens is 280 g/mol. The number of hydrogen-bond acceptors (Lipinski definition) is 1. The fourth-order valence-electron chi connectivity index (χ4n) is 1.22. The predicted octanol–water partition coefficient (Wildman–Crippen LogP) is 3.75. The van der Waals surface area contributed by atoms with Crippen LogP contribution in [0.25, 0.3) is 0 Å². The molecule has 0 aliphatic rings. The molecule has 1 atom stereocenters. The molecule has 0 aliphatic carbocycles. The molecule has 1 nitrogen and oxygen atoms in total. The van der Waals surface area contributed by atoms with E-state index >= 15 is 0 Å². The molecular formula is C13H17BrOSi. The van der Waals surface area contributed by atoms with E-state index in [1.807, 2.05) is 24.3 Å². The summed E-state index contributed by atoms with van der Waals surface area (Å²) in [5.41, 5.74) is 4.18. The zero-order valence-electron chi connectivity index (χ0n) is 9.92. The molecule has 1 aromatic carbocycles. The van der Waals surface area contributed by atoms with Crippen LogP contribution in [0.3, 0.4) is 0 Å². The molecule has 0 spiro atoms. The van der Waals surface area contributed by atoms with Crippen LogP contribution in [0, 0.1) is 11.5 Å². The number of aliphatic hydroxyl groups is 1. The third-order valence-corrected chi connectivity index (χ3v) is 3.47. The molecule has 0 heterocycles. The normalized spacial score (nSPS) is 12.8. The van der Waals surface area contributed by atoms with E-state index in [0.717, 1.165) is 10.0 Å². The fourth-order valence-corrected chi connectivity index (χ4v) is 2.11. The Kier molecular flexibility index (Phi) is 4.79. The highest BCUT2D eigenvalue weighted by molar-refractivity contribution is 9.10. The summed E-state index contributed by atoms with van der Waals surface area (Å²) in [7, 11) is -1.31. The molecule has 0 amide bonds. The van der Waals surface area contributed by atoms with Crippen LogP contribution in [-0.4, -0.2) is 13.2 Å². The second-order valence-electron chi connectivity index (χ2n) is 4.82. The van der Waals surface area contributed by atoms with E-state index in [0.29, 0.717) is 6.42 Å². The molecule has 3 heteroatoms. The van der Waals surface area contributed by atoms with Gasteiger partial charge in [-0.25, -0.2) is 0 Å². The molecule has 86 valence electrons. The maximum Gasteiger partial charge on any atom is 0.129 e. The molecule has 1 N–H and O–H groups in total. The zero-order chi connectivity index (χ0) is 12.2. The van der Waals surface area contributed by atoms with Crippen molar-refractivity contribution in [2.75, 3.05) is 0 Å². The smallest absolute Gasteiger partial charge is 0.129 e. The van der Waals surface area contributed by atoms with Gasteiger partial charge in [-0.3, -0.25) is 0 Å². The van der Waals surface area contributed by atoms with Crippen LogP contribution in [0.1, 0.15) is 18.1 Å². The Morgan fingerprint density at radius 2 is 1.81 bits per heavy atom. The van der Waals surface area contributed by atoms with Gasteiger partial charge in [0.05, 0.1) is 6.10 Å². The lowest BCUT2D eigenvalue weighted by atomic mass is 10.1. The van der Waals surface area contributed by atoms with Crippen molar-refractivity contribution in [1.29, 1.82) is 0 Å². The van der Waals surface area contributed by atoms with Gasteiger partial charge >= 0.3 is 0 Å². The highest BCUT2D eigenvalue weighted by Gasteiger charge is 2.09. The Labute approximate surface area is 107 Å². The van der Waals surface area contributed by atoms with Crippen molar-refractivity contribution in [3.05, 3.63) is 34.3 Å². The van der Waals surface area contributed by atoms with Gasteiger partial charge in [-0.2, -0.15) is 0 Å². The highest BCUT2D eigenvalue weighted by Crippen LogP contribution is 2.18. The Bertz CT molecular complexity index is 395. The summed E-state index contributed by atoms with van der Waals surface area (Å²) in [4.78, 5) is 0. The Morgan fingerprint density at radius 1 is 1.25 bits per heavy atom. The summed E-state index contributed by atoms with van der Waals surface area (Å²) in [6.07, 6.45) is 0.0447. The zero-order valence-corrected chi connectivity index (χ0v) is 12.5. The van der Waals surface area contributed by atoms with Gasteiger partial charge in [0.1, 0.15) is 8.07 Å². The van der Waals surface area contributed by atoms with Crippen molar-refractivity contribution >= 4 is 24.0 Å². The van der Waals surface area contributed by atoms with E-state index in [9.17, 15) is 5.11 Å². The molecule has 1 rings (SSSR count). The fraction of sp³-hybridized carbons (Fsp3) is 0.385. The van der Waals surface area contributed by atoms with Crippen molar-refractivity contribution in [2.24, 2.45) is 0 Å². The maximum absolute atomic E-state index is 9.91. The number of aliphatic hydroxyl groups excluding tert-OH is 1. The van der Waals surface area contributed by atoms with Crippen LogP contribution in [0.2, 0.25) is 19.6 Å². The Balaban J connectivity index is 2.62. The van der Waals surface area contributed by atoms with Gasteiger partial charge < -0.3 is 5.11 Å². The first-order valence-corrected chi connectivity index (χ1v) is 9.61. The molecule has 16 heavy (non-hydrogen) atoms. The van der Waals surface area contributed by atoms with E-state index in [4.69, 9.17) is 0 Å². The highest BCUT2D eigenvalue weighted by atomic mass is 79.9. The summed E-state index contributed by atoms with van der Waals surface area (Å²) < 4.78 is 1.02. The minimum absolute atomic E-state index is 0.475. The number of rotatable bonds is 2. The van der Waals surface area contributed by atoms with E-state index in [1.165, 1.54) is 0 Å². The maximum atomic E-state index is 9.91. The largest absolute Gasteiger partial charge is 0.387 e. The topological polar surface area (TPSA) is 20.2 Å². The standard InChI is InChI=1S/C13H17BrOSi/c1-16(2,3)10-4-5-13(15)11-6-8-12(14)9-7-11/h6-9,13,15H,5H2,1-3H3. The molecule has 0 saturated carbocycles. The van der Waals surface area contributed by atoms with Crippen LogP contribution in [-0.2, 0) is 0 Å². The molecule has 0 saturated heterocycles. The first-order valence-electron chi connectivity index (χ1n) is 5.32. The molecule has 0 aliphatic heterocycles. The number of benzene rings is 1. The summed E-state index contributed by atoms with van der Waals surface area (Å²) in [5.74, 6) is 3.09. The van der Waals surface area contributed by atoms with Crippen molar-refractivity contribution in [3.63, 3.8) is 0 Å². The van der Waals surface area contributed by atoms with Crippen LogP contribution in [0.4, 0.5) is 0 Å². The average molecular weight is 297 g/mol. The van der Waals surface area contributed by atoms with E-state index in [-0.39, 0.29) is 0 Å². The average Bonchev–Trinajstić information content (AvgIpc) is 2.16. The summed E-state index contributed by atoms with van der Waals surface area (Å²) >= 11 is 3.37. The van der Waals surface area contributed by atoms with Gasteiger partial charge in [-0.15, -0.1) is 11.5 Å². The third-order valence-electron chi connectivity index (χ3n) is 2.01. The van der Waals surface area contributed by atoms with Crippen LogP contribution < -0.4 is 0 Å². The van der Waals surface area contributed by atoms with Crippen LogP contribution in [0.5, 0.6) is 0 Å². The van der Waals surface area contributed by atoms with Crippen molar-refractivity contribution in [3.8, 4) is 11.5 Å². The second-order valence-corrected chi connectivity index (χ2v) is 10.5. The molecule has 0 fully saturated rings. The van der Waals surface area contributed by atoms with E-state index in [2.05, 4.69) is 47.0 Å². The Hall–Kier alpha value is -0.563. The predicted molar refractivity (Wildman–Crippen MR) is 74.8 cm³/mol. The summed E-state index contributed by atoms with van der Waals surface area (Å²) in [6, 6.07) is 7.71. The van der Waals surface area contributed by atoms with Crippen molar-refractivity contribution in [1.82, 2.24) is 0 Å². The lowest BCUT2D eigenvalue weighted by molar-refractivity contribution is 0.184. The minimum atomic E-state index is -1.31. The van der Waals surface area contributed by atoms with Gasteiger partial charge in [0, 0.05) is 10.9 Å². The van der Waals surface area contributed by atoms with Crippen molar-refractivity contribution in [2.45, 2.75) is 32.2 Å². The number of hydrogen-bond donors (Lipinski definition) is 1. The van der Waals surface area contributed by atoms with Gasteiger partial charge in [0.25, 0.3) is 0 Å². The second kappa shape index (κ2) is 5.67. The van der Waals surface area contributed by atoms with Crippen molar-refractivity contribution < 1.29 is 5.11 Å². The van der Waals surface area contributed by atoms with E-state index in [1.54, 1.807) is 0 Å². The van der Waals surface area contributed by atoms with Gasteiger partial charge in [0.15, 0.2) is 0 Å². The van der Waals surface area contributed by atoms with E-state index < -0.39 is 14.2 Å². The van der Waals surface area contributed by atoms with Crippen LogP contribution in [0.15, 0.2) is 28.7 Å². The van der Waals surface area contributed by atoms with Gasteiger partial charge in [-0.1, -0.05) is 47.7 Å². The first kappa shape index (κ1) is 13.5. The molecule has 0 bridgehead atoms. The minimum Gasteiger partial charge on any atom is -0.387 e. The van der Waals surface area contributed by atoms with Gasteiger partial charge in [-0.05, 0) is 17.7 Å². The van der Waals surface area contributed by atoms with Gasteiger partial charge in [0.2, 0.25) is 0 Å². The van der Waals surface area contributed by atoms with Crippen LogP contribution >= 0.6 is 15.9 Å². The molecule has 1 unspecified atom stereocenters. The SMILES string of the molecule is C[Si](C)(C)C#CCC(O)c1ccc(Br)cc1. The Morgan fingerprint density at radius 3 is 2.31 bits per heavy atom. The molecule has 0 aromatic heterocycles. The third kappa shape index (κ3) is 4.98.